The van der Waals surface area contributed by atoms with Gasteiger partial charge in [0, 0.05) is 27.2 Å². The van der Waals surface area contributed by atoms with Crippen molar-refractivity contribution in [3.05, 3.63) is 64.2 Å². The predicted molar refractivity (Wildman–Crippen MR) is 110 cm³/mol. The maximum atomic E-state index is 13.8. The van der Waals surface area contributed by atoms with Crippen molar-refractivity contribution in [2.24, 2.45) is 0 Å². The highest BCUT2D eigenvalue weighted by molar-refractivity contribution is 7.92. The van der Waals surface area contributed by atoms with Crippen LogP contribution in [-0.4, -0.2) is 25.6 Å². The molecule has 2 aromatic carbocycles. The Bertz CT molecular complexity index is 1100. The summed E-state index contributed by atoms with van der Waals surface area (Å²) in [7, 11) is -3.34. The number of hydrogen-bond donors (Lipinski definition) is 2. The SMILES string of the molecule is CS(=O)(=O)Nc1ccc(-c2csc(NC(=O)Cc3c(F)cccc3Cl)n2)cc1. The van der Waals surface area contributed by atoms with E-state index in [0.717, 1.165) is 11.8 Å². The number of halogens is 2. The Labute approximate surface area is 170 Å². The maximum absolute atomic E-state index is 13.8. The first kappa shape index (κ1) is 20.2. The van der Waals surface area contributed by atoms with Gasteiger partial charge in [0.15, 0.2) is 5.13 Å². The average Bonchev–Trinajstić information content (AvgIpc) is 3.06. The van der Waals surface area contributed by atoms with Gasteiger partial charge in [-0.2, -0.15) is 0 Å². The van der Waals surface area contributed by atoms with E-state index >= 15 is 0 Å². The van der Waals surface area contributed by atoms with Crippen LogP contribution < -0.4 is 10.0 Å². The van der Waals surface area contributed by atoms with Gasteiger partial charge in [-0.1, -0.05) is 29.8 Å². The molecule has 0 saturated carbocycles. The summed E-state index contributed by atoms with van der Waals surface area (Å²) in [4.78, 5) is 16.5. The summed E-state index contributed by atoms with van der Waals surface area (Å²) in [5, 5.41) is 4.94. The number of thiazole rings is 1. The molecule has 0 aliphatic carbocycles. The third-order valence-corrected chi connectivity index (χ3v) is 5.35. The number of hydrogen-bond acceptors (Lipinski definition) is 5. The number of sulfonamides is 1. The Morgan fingerprint density at radius 3 is 2.57 bits per heavy atom. The number of nitrogens with zero attached hydrogens (tertiary/aromatic N) is 1. The van der Waals surface area contributed by atoms with E-state index in [0.29, 0.717) is 16.5 Å². The molecule has 0 bridgehead atoms. The molecule has 0 aliphatic rings. The second-order valence-electron chi connectivity index (χ2n) is 5.91. The number of benzene rings is 2. The molecule has 0 atom stereocenters. The smallest absolute Gasteiger partial charge is 0.230 e. The Morgan fingerprint density at radius 2 is 1.93 bits per heavy atom. The fourth-order valence-corrected chi connectivity index (χ4v) is 3.94. The summed E-state index contributed by atoms with van der Waals surface area (Å²) in [6.45, 7) is 0. The van der Waals surface area contributed by atoms with Gasteiger partial charge in [-0.15, -0.1) is 11.3 Å². The molecule has 10 heteroatoms. The molecule has 3 rings (SSSR count). The summed E-state index contributed by atoms with van der Waals surface area (Å²) in [5.41, 5.74) is 1.95. The highest BCUT2D eigenvalue weighted by atomic mass is 35.5. The third kappa shape index (κ3) is 5.28. The Kier molecular flexibility index (Phi) is 5.97. The van der Waals surface area contributed by atoms with Crippen LogP contribution in [0.2, 0.25) is 5.02 Å². The second-order valence-corrected chi connectivity index (χ2v) is 8.93. The molecule has 1 heterocycles. The molecule has 0 fully saturated rings. The van der Waals surface area contributed by atoms with Crippen LogP contribution in [0.4, 0.5) is 15.2 Å². The van der Waals surface area contributed by atoms with Gasteiger partial charge < -0.3 is 5.32 Å². The quantitative estimate of drug-likeness (QED) is 0.603. The molecule has 0 aliphatic heterocycles. The zero-order valence-corrected chi connectivity index (χ0v) is 17.0. The summed E-state index contributed by atoms with van der Waals surface area (Å²) >= 11 is 7.16. The average molecular weight is 440 g/mol. The fourth-order valence-electron chi connectivity index (χ4n) is 2.41. The maximum Gasteiger partial charge on any atom is 0.230 e. The van der Waals surface area contributed by atoms with Crippen molar-refractivity contribution >= 4 is 49.7 Å². The Hall–Kier alpha value is -2.49. The normalized spacial score (nSPS) is 11.2. The van der Waals surface area contributed by atoms with Crippen molar-refractivity contribution in [1.29, 1.82) is 0 Å². The standard InChI is InChI=1S/C18H15ClFN3O3S2/c1-28(25,26)23-12-7-5-11(6-8-12)16-10-27-18(21-16)22-17(24)9-13-14(19)3-2-4-15(13)20/h2-8,10,23H,9H2,1H3,(H,21,22,24). The lowest BCUT2D eigenvalue weighted by Gasteiger charge is -2.05. The Balaban J connectivity index is 1.68. The van der Waals surface area contributed by atoms with E-state index in [-0.39, 0.29) is 17.0 Å². The molecule has 0 saturated heterocycles. The zero-order valence-electron chi connectivity index (χ0n) is 14.6. The van der Waals surface area contributed by atoms with Crippen molar-refractivity contribution in [2.45, 2.75) is 6.42 Å². The topological polar surface area (TPSA) is 88.2 Å². The number of carbonyl (C=O) groups is 1. The lowest BCUT2D eigenvalue weighted by Crippen LogP contribution is -2.15. The monoisotopic (exact) mass is 439 g/mol. The second kappa shape index (κ2) is 8.26. The van der Waals surface area contributed by atoms with E-state index in [1.807, 2.05) is 0 Å². The minimum Gasteiger partial charge on any atom is -0.302 e. The molecule has 1 amide bonds. The molecular weight excluding hydrogens is 425 g/mol. The van der Waals surface area contributed by atoms with Crippen molar-refractivity contribution in [3.63, 3.8) is 0 Å². The molecule has 2 N–H and O–H groups in total. The minimum absolute atomic E-state index is 0.132. The van der Waals surface area contributed by atoms with Gasteiger partial charge in [-0.25, -0.2) is 17.8 Å². The summed E-state index contributed by atoms with van der Waals surface area (Å²) < 4.78 is 38.7. The third-order valence-electron chi connectivity index (χ3n) is 3.63. The summed E-state index contributed by atoms with van der Waals surface area (Å²) in [5.74, 6) is -0.967. The first-order chi connectivity index (χ1) is 13.2. The highest BCUT2D eigenvalue weighted by Gasteiger charge is 2.14. The van der Waals surface area contributed by atoms with Crippen LogP contribution in [0.3, 0.4) is 0 Å². The van der Waals surface area contributed by atoms with Gasteiger partial charge in [0.1, 0.15) is 5.82 Å². The minimum atomic E-state index is -3.34. The number of carbonyl (C=O) groups excluding carboxylic acids is 1. The summed E-state index contributed by atoms with van der Waals surface area (Å²) in [6, 6.07) is 10.9. The van der Waals surface area contributed by atoms with E-state index in [2.05, 4.69) is 15.0 Å². The van der Waals surface area contributed by atoms with Crippen molar-refractivity contribution < 1.29 is 17.6 Å². The van der Waals surface area contributed by atoms with Gasteiger partial charge >= 0.3 is 0 Å². The Morgan fingerprint density at radius 1 is 1.21 bits per heavy atom. The van der Waals surface area contributed by atoms with Crippen molar-refractivity contribution in [3.8, 4) is 11.3 Å². The molecule has 146 valence electrons. The lowest BCUT2D eigenvalue weighted by molar-refractivity contribution is -0.115. The largest absolute Gasteiger partial charge is 0.302 e. The van der Waals surface area contributed by atoms with E-state index in [9.17, 15) is 17.6 Å². The fraction of sp³-hybridized carbons (Fsp3) is 0.111. The molecule has 0 unspecified atom stereocenters. The van der Waals surface area contributed by atoms with Crippen LogP contribution in [0.25, 0.3) is 11.3 Å². The van der Waals surface area contributed by atoms with Gasteiger partial charge in [0.05, 0.1) is 18.4 Å². The van der Waals surface area contributed by atoms with Crippen LogP contribution in [0, 0.1) is 5.82 Å². The van der Waals surface area contributed by atoms with Crippen LogP contribution in [0.15, 0.2) is 47.8 Å². The molecule has 0 spiro atoms. The highest BCUT2D eigenvalue weighted by Crippen LogP contribution is 2.27. The first-order valence-corrected chi connectivity index (χ1v) is 11.1. The molecule has 28 heavy (non-hydrogen) atoms. The number of amides is 1. The molecular formula is C18H15ClFN3O3S2. The number of nitrogens with one attached hydrogen (secondary N) is 2. The van der Waals surface area contributed by atoms with Crippen molar-refractivity contribution in [2.75, 3.05) is 16.3 Å². The number of anilines is 2. The molecule has 0 radical (unpaired) electrons. The lowest BCUT2D eigenvalue weighted by atomic mass is 10.1. The van der Waals surface area contributed by atoms with Crippen LogP contribution >= 0.6 is 22.9 Å². The molecule has 6 nitrogen and oxygen atoms in total. The predicted octanol–water partition coefficient (Wildman–Crippen LogP) is 4.16. The van der Waals surface area contributed by atoms with Crippen LogP contribution in [0.5, 0.6) is 0 Å². The zero-order chi connectivity index (χ0) is 20.3. The van der Waals surface area contributed by atoms with E-state index < -0.39 is 21.7 Å². The van der Waals surface area contributed by atoms with Crippen LogP contribution in [0.1, 0.15) is 5.56 Å². The van der Waals surface area contributed by atoms with E-state index in [1.165, 1.54) is 29.5 Å². The molecule has 1 aromatic heterocycles. The van der Waals surface area contributed by atoms with E-state index in [1.54, 1.807) is 29.6 Å². The van der Waals surface area contributed by atoms with E-state index in [4.69, 9.17) is 11.6 Å². The number of aromatic nitrogens is 1. The van der Waals surface area contributed by atoms with Gasteiger partial charge in [-0.05, 0) is 24.3 Å². The van der Waals surface area contributed by atoms with Crippen LogP contribution in [-0.2, 0) is 21.2 Å². The first-order valence-electron chi connectivity index (χ1n) is 7.98. The van der Waals surface area contributed by atoms with Gasteiger partial charge in [0.25, 0.3) is 0 Å². The number of rotatable bonds is 6. The molecule has 3 aromatic rings. The van der Waals surface area contributed by atoms with Gasteiger partial charge in [0.2, 0.25) is 15.9 Å². The van der Waals surface area contributed by atoms with Gasteiger partial charge in [-0.3, -0.25) is 9.52 Å². The summed E-state index contributed by atoms with van der Waals surface area (Å²) in [6.07, 6.45) is 0.872. The van der Waals surface area contributed by atoms with Crippen molar-refractivity contribution in [1.82, 2.24) is 4.98 Å².